The molecule has 0 aromatic heterocycles. The Labute approximate surface area is 247 Å². The monoisotopic (exact) mass is 603 g/mol. The maximum atomic E-state index is 14.1. The number of rotatable bonds is 12. The van der Waals surface area contributed by atoms with E-state index in [0.717, 1.165) is 27.3 Å². The first-order chi connectivity index (χ1) is 18.9. The molecule has 0 radical (unpaired) electrons. The first-order valence-corrected chi connectivity index (χ1v) is 15.6. The van der Waals surface area contributed by atoms with Crippen LogP contribution in [-0.4, -0.2) is 50.0 Å². The fraction of sp³-hybridized carbons (Fsp3) is 0.333. The third-order valence-corrected chi connectivity index (χ3v) is 8.41. The van der Waals surface area contributed by atoms with Crippen LogP contribution in [0.1, 0.15) is 37.0 Å². The van der Waals surface area contributed by atoms with Crippen molar-refractivity contribution in [2.24, 2.45) is 0 Å². The van der Waals surface area contributed by atoms with Gasteiger partial charge in [0.1, 0.15) is 12.6 Å². The van der Waals surface area contributed by atoms with Gasteiger partial charge in [0.25, 0.3) is 0 Å². The Morgan fingerprint density at radius 3 is 2.25 bits per heavy atom. The van der Waals surface area contributed by atoms with E-state index in [1.807, 2.05) is 75.4 Å². The van der Waals surface area contributed by atoms with Gasteiger partial charge in [-0.15, -0.1) is 0 Å². The van der Waals surface area contributed by atoms with Gasteiger partial charge in [-0.1, -0.05) is 84.7 Å². The van der Waals surface area contributed by atoms with Crippen molar-refractivity contribution in [1.82, 2.24) is 10.2 Å². The lowest BCUT2D eigenvalue weighted by Crippen LogP contribution is -2.54. The molecule has 0 unspecified atom stereocenters. The molecular weight excluding hydrogens is 569 g/mol. The van der Waals surface area contributed by atoms with E-state index < -0.39 is 28.5 Å². The highest BCUT2D eigenvalue weighted by Gasteiger charge is 2.34. The third kappa shape index (κ3) is 8.46. The van der Waals surface area contributed by atoms with Gasteiger partial charge in [-0.05, 0) is 55.2 Å². The number of carbonyl (C=O) groups excluding carboxylic acids is 2. The molecule has 214 valence electrons. The van der Waals surface area contributed by atoms with E-state index in [-0.39, 0.29) is 40.6 Å². The van der Waals surface area contributed by atoms with Gasteiger partial charge in [-0.25, -0.2) is 8.42 Å². The summed E-state index contributed by atoms with van der Waals surface area (Å²) in [6.07, 6.45) is 1.96. The van der Waals surface area contributed by atoms with Crippen molar-refractivity contribution in [2.45, 2.75) is 52.2 Å². The van der Waals surface area contributed by atoms with Crippen molar-refractivity contribution in [2.75, 3.05) is 17.1 Å². The lowest BCUT2D eigenvalue weighted by atomic mass is 10.0. The zero-order valence-electron chi connectivity index (χ0n) is 23.1. The Morgan fingerprint density at radius 1 is 0.975 bits per heavy atom. The average molecular weight is 605 g/mol. The molecule has 2 amide bonds. The van der Waals surface area contributed by atoms with Crippen LogP contribution in [0, 0.1) is 6.92 Å². The Bertz CT molecular complexity index is 1430. The molecule has 40 heavy (non-hydrogen) atoms. The number of benzene rings is 3. The van der Waals surface area contributed by atoms with Gasteiger partial charge in [0.15, 0.2) is 0 Å². The summed E-state index contributed by atoms with van der Waals surface area (Å²) in [5.41, 5.74) is 2.74. The minimum absolute atomic E-state index is 0.0875. The van der Waals surface area contributed by atoms with Crippen LogP contribution in [-0.2, 0) is 32.6 Å². The highest BCUT2D eigenvalue weighted by molar-refractivity contribution is 7.92. The van der Waals surface area contributed by atoms with E-state index in [0.29, 0.717) is 6.42 Å². The van der Waals surface area contributed by atoms with Crippen molar-refractivity contribution in [1.29, 1.82) is 0 Å². The van der Waals surface area contributed by atoms with Crippen LogP contribution in [0.25, 0.3) is 0 Å². The Morgan fingerprint density at radius 2 is 1.62 bits per heavy atom. The molecule has 3 rings (SSSR count). The summed E-state index contributed by atoms with van der Waals surface area (Å²) >= 11 is 12.5. The molecule has 0 saturated carbocycles. The number of amides is 2. The zero-order chi connectivity index (χ0) is 29.4. The van der Waals surface area contributed by atoms with Crippen molar-refractivity contribution in [3.63, 3.8) is 0 Å². The third-order valence-electron chi connectivity index (χ3n) is 6.73. The van der Waals surface area contributed by atoms with Crippen LogP contribution in [0.5, 0.6) is 0 Å². The molecule has 7 nitrogen and oxygen atoms in total. The van der Waals surface area contributed by atoms with Crippen LogP contribution in [0.3, 0.4) is 0 Å². The molecule has 2 atom stereocenters. The summed E-state index contributed by atoms with van der Waals surface area (Å²) in [5.74, 6) is -0.864. The van der Waals surface area contributed by atoms with Gasteiger partial charge in [0.05, 0.1) is 17.0 Å². The molecule has 0 aliphatic rings. The second-order valence-electron chi connectivity index (χ2n) is 9.84. The molecule has 0 aliphatic heterocycles. The van der Waals surface area contributed by atoms with E-state index in [1.54, 1.807) is 0 Å². The van der Waals surface area contributed by atoms with Crippen molar-refractivity contribution < 1.29 is 18.0 Å². The Kier molecular flexibility index (Phi) is 11.0. The van der Waals surface area contributed by atoms with Crippen LogP contribution in [0.2, 0.25) is 10.0 Å². The minimum atomic E-state index is -3.95. The summed E-state index contributed by atoms with van der Waals surface area (Å²) in [7, 11) is -3.95. The number of carbonyl (C=O) groups is 2. The Hall–Kier alpha value is -3.07. The van der Waals surface area contributed by atoms with Gasteiger partial charge in [-0.2, -0.15) is 0 Å². The van der Waals surface area contributed by atoms with Crippen molar-refractivity contribution in [3.8, 4) is 0 Å². The number of nitrogens with zero attached hydrogens (tertiary/aromatic N) is 2. The number of sulfonamides is 1. The number of hydrogen-bond donors (Lipinski definition) is 1. The molecule has 10 heteroatoms. The standard InChI is InChI=1S/C30H35Cl2N3O4S/c1-5-22(3)33-30(37)28(17-23-12-7-6-8-13-23)34(19-24-14-10-9-11-21(24)2)29(36)20-35(40(4,38)39)27-18-25(31)15-16-26(27)32/h6-16,18,22,28H,5,17,19-20H2,1-4H3,(H,33,37)/t22-,28-/m0/s1. The molecule has 0 aliphatic carbocycles. The molecule has 0 spiro atoms. The second kappa shape index (κ2) is 14.0. The predicted octanol–water partition coefficient (Wildman–Crippen LogP) is 5.62. The lowest BCUT2D eigenvalue weighted by Gasteiger charge is -2.34. The quantitative estimate of drug-likeness (QED) is 0.291. The lowest BCUT2D eigenvalue weighted by molar-refractivity contribution is -0.140. The van der Waals surface area contributed by atoms with Gasteiger partial charge in [-0.3, -0.25) is 13.9 Å². The molecule has 0 fully saturated rings. The van der Waals surface area contributed by atoms with Gasteiger partial charge < -0.3 is 10.2 Å². The van der Waals surface area contributed by atoms with Crippen LogP contribution in [0.15, 0.2) is 72.8 Å². The average Bonchev–Trinajstić information content (AvgIpc) is 2.91. The topological polar surface area (TPSA) is 86.8 Å². The zero-order valence-corrected chi connectivity index (χ0v) is 25.4. The van der Waals surface area contributed by atoms with E-state index in [9.17, 15) is 18.0 Å². The van der Waals surface area contributed by atoms with Gasteiger partial charge >= 0.3 is 0 Å². The van der Waals surface area contributed by atoms with Crippen LogP contribution >= 0.6 is 23.2 Å². The molecule has 3 aromatic rings. The van der Waals surface area contributed by atoms with Gasteiger partial charge in [0, 0.05) is 24.0 Å². The fourth-order valence-electron chi connectivity index (χ4n) is 4.24. The SMILES string of the molecule is CC[C@H](C)NC(=O)[C@H](Cc1ccccc1)N(Cc1ccccc1C)C(=O)CN(c1cc(Cl)ccc1Cl)S(C)(=O)=O. The van der Waals surface area contributed by atoms with E-state index in [1.165, 1.54) is 23.1 Å². The summed E-state index contributed by atoms with van der Waals surface area (Å²) in [6.45, 7) is 5.34. The summed E-state index contributed by atoms with van der Waals surface area (Å²) in [4.78, 5) is 29.3. The van der Waals surface area contributed by atoms with E-state index in [4.69, 9.17) is 23.2 Å². The highest BCUT2D eigenvalue weighted by Crippen LogP contribution is 2.31. The number of anilines is 1. The summed E-state index contributed by atoms with van der Waals surface area (Å²) in [6, 6.07) is 20.4. The normalized spacial score (nSPS) is 12.8. The van der Waals surface area contributed by atoms with Crippen molar-refractivity contribution >= 4 is 50.7 Å². The second-order valence-corrected chi connectivity index (χ2v) is 12.6. The smallest absolute Gasteiger partial charge is 0.244 e. The number of aryl methyl sites for hydroxylation is 1. The Balaban J connectivity index is 2.10. The number of halogens is 2. The first kappa shape index (κ1) is 31.5. The molecule has 1 N–H and O–H groups in total. The van der Waals surface area contributed by atoms with E-state index >= 15 is 0 Å². The number of nitrogens with one attached hydrogen (secondary N) is 1. The van der Waals surface area contributed by atoms with Crippen LogP contribution < -0.4 is 9.62 Å². The number of hydrogen-bond acceptors (Lipinski definition) is 4. The highest BCUT2D eigenvalue weighted by atomic mass is 35.5. The fourth-order valence-corrected chi connectivity index (χ4v) is 5.53. The maximum absolute atomic E-state index is 14.1. The summed E-state index contributed by atoms with van der Waals surface area (Å²) < 4.78 is 26.8. The molecule has 0 heterocycles. The van der Waals surface area contributed by atoms with E-state index in [2.05, 4.69) is 5.32 Å². The summed E-state index contributed by atoms with van der Waals surface area (Å²) in [5, 5.41) is 3.41. The van der Waals surface area contributed by atoms with Crippen LogP contribution in [0.4, 0.5) is 5.69 Å². The van der Waals surface area contributed by atoms with Crippen molar-refractivity contribution in [3.05, 3.63) is 99.5 Å². The largest absolute Gasteiger partial charge is 0.352 e. The minimum Gasteiger partial charge on any atom is -0.352 e. The molecule has 0 saturated heterocycles. The van der Waals surface area contributed by atoms with Gasteiger partial charge in [0.2, 0.25) is 21.8 Å². The maximum Gasteiger partial charge on any atom is 0.244 e. The predicted molar refractivity (Wildman–Crippen MR) is 162 cm³/mol. The molecular formula is C30H35Cl2N3O4S. The molecule has 3 aromatic carbocycles. The molecule has 0 bridgehead atoms. The first-order valence-electron chi connectivity index (χ1n) is 13.0.